The number of anilines is 1. The Hall–Kier alpha value is -4.99. The first kappa shape index (κ1) is 28.8. The van der Waals surface area contributed by atoms with Crippen molar-refractivity contribution in [2.45, 2.75) is 30.7 Å². The van der Waals surface area contributed by atoms with E-state index in [0.717, 1.165) is 36.3 Å². The Morgan fingerprint density at radius 2 is 1.67 bits per heavy atom. The van der Waals surface area contributed by atoms with E-state index in [9.17, 15) is 13.5 Å². The van der Waals surface area contributed by atoms with Crippen LogP contribution in [0.2, 0.25) is 0 Å². The number of benzene rings is 4. The van der Waals surface area contributed by atoms with Gasteiger partial charge in [0, 0.05) is 40.3 Å². The Morgan fingerprint density at radius 3 is 2.47 bits per heavy atom. The van der Waals surface area contributed by atoms with Crippen molar-refractivity contribution in [1.82, 2.24) is 14.9 Å². The predicted molar refractivity (Wildman–Crippen MR) is 180 cm³/mol. The van der Waals surface area contributed by atoms with Gasteiger partial charge in [0.05, 0.1) is 22.5 Å². The highest BCUT2D eigenvalue weighted by Crippen LogP contribution is 2.34. The normalized spacial score (nSPS) is 14.6. The van der Waals surface area contributed by atoms with E-state index in [1.165, 1.54) is 24.8 Å². The van der Waals surface area contributed by atoms with E-state index in [1.54, 1.807) is 42.6 Å². The number of aromatic amines is 1. The molecule has 1 aliphatic rings. The minimum absolute atomic E-state index is 0.0485. The number of aromatic nitrogens is 2. The lowest BCUT2D eigenvalue weighted by molar-refractivity contribution is 0.221. The number of H-pyrrole nitrogens is 1. The molecule has 3 N–H and O–H groups in total. The SMILES string of the molecule is O=S(=O)(Nc1ccc2[nH]c(O)c(C(=Nc3ccc(CN4CCCCC4)cc3)c3ccccc3)c2c1)c1cccc2cccnc12. The van der Waals surface area contributed by atoms with Gasteiger partial charge in [-0.2, -0.15) is 0 Å². The molecule has 0 aliphatic carbocycles. The van der Waals surface area contributed by atoms with E-state index in [0.29, 0.717) is 33.4 Å². The molecule has 226 valence electrons. The fourth-order valence-corrected chi connectivity index (χ4v) is 7.26. The number of likely N-dealkylation sites (tertiary alicyclic amines) is 1. The lowest BCUT2D eigenvalue weighted by atomic mass is 10.0. The molecule has 4 aromatic carbocycles. The molecule has 2 aromatic heterocycles. The maximum atomic E-state index is 13.6. The molecule has 0 bridgehead atoms. The van der Waals surface area contributed by atoms with Crippen LogP contribution in [0.1, 0.15) is 36.0 Å². The van der Waals surface area contributed by atoms with Gasteiger partial charge in [0.15, 0.2) is 5.88 Å². The first-order valence-corrected chi connectivity index (χ1v) is 16.6. The Kier molecular flexibility index (Phi) is 7.79. The Balaban J connectivity index is 1.26. The first-order chi connectivity index (χ1) is 21.9. The van der Waals surface area contributed by atoms with Crippen LogP contribution in [0, 0.1) is 0 Å². The van der Waals surface area contributed by atoms with Gasteiger partial charge in [-0.3, -0.25) is 14.6 Å². The highest BCUT2D eigenvalue weighted by Gasteiger charge is 2.22. The fourth-order valence-electron chi connectivity index (χ4n) is 6.03. The van der Waals surface area contributed by atoms with Crippen molar-refractivity contribution in [3.05, 3.63) is 126 Å². The van der Waals surface area contributed by atoms with Crippen LogP contribution in [0.3, 0.4) is 0 Å². The molecule has 0 radical (unpaired) electrons. The Morgan fingerprint density at radius 1 is 0.889 bits per heavy atom. The second-order valence-corrected chi connectivity index (χ2v) is 13.0. The van der Waals surface area contributed by atoms with Crippen molar-refractivity contribution in [3.8, 4) is 5.88 Å². The molecule has 1 saturated heterocycles. The third-order valence-electron chi connectivity index (χ3n) is 8.23. The molecule has 0 atom stereocenters. The number of sulfonamides is 1. The van der Waals surface area contributed by atoms with E-state index >= 15 is 0 Å². The summed E-state index contributed by atoms with van der Waals surface area (Å²) in [6.45, 7) is 3.19. The fraction of sp³-hybridized carbons (Fsp3) is 0.167. The number of pyridine rings is 1. The van der Waals surface area contributed by atoms with Gasteiger partial charge in [0.25, 0.3) is 10.0 Å². The Bertz CT molecular complexity index is 2110. The monoisotopic (exact) mass is 615 g/mol. The topological polar surface area (TPSA) is 111 Å². The average Bonchev–Trinajstić information content (AvgIpc) is 3.39. The van der Waals surface area contributed by atoms with E-state index in [1.807, 2.05) is 54.6 Å². The summed E-state index contributed by atoms with van der Waals surface area (Å²) >= 11 is 0. The number of fused-ring (bicyclic) bond motifs is 2. The predicted octanol–water partition coefficient (Wildman–Crippen LogP) is 7.38. The number of hydrogen-bond acceptors (Lipinski definition) is 6. The second-order valence-electron chi connectivity index (χ2n) is 11.4. The summed E-state index contributed by atoms with van der Waals surface area (Å²) in [5.74, 6) is -0.0485. The number of hydrogen-bond donors (Lipinski definition) is 3. The number of rotatable bonds is 8. The smallest absolute Gasteiger partial charge is 0.264 e. The third-order valence-corrected chi connectivity index (χ3v) is 9.65. The number of para-hydroxylation sites is 1. The molecule has 9 heteroatoms. The van der Waals surface area contributed by atoms with Crippen LogP contribution >= 0.6 is 0 Å². The standard InChI is InChI=1S/C36H33N5O3S/c42-36-33(35(27-9-3-1-4-10-27)38-28-16-14-25(15-17-28)24-41-21-5-2-6-22-41)30-23-29(18-19-31(30)39-36)40-45(43,44)32-13-7-11-26-12-8-20-37-34(26)32/h1,3-4,7-20,23,39-40,42H,2,5-6,21-22,24H2. The van der Waals surface area contributed by atoms with Gasteiger partial charge in [-0.1, -0.05) is 67.1 Å². The largest absolute Gasteiger partial charge is 0.494 e. The number of aliphatic imine (C=N–C) groups is 1. The van der Waals surface area contributed by atoms with Crippen molar-refractivity contribution in [2.24, 2.45) is 4.99 Å². The van der Waals surface area contributed by atoms with Crippen molar-refractivity contribution in [1.29, 1.82) is 0 Å². The number of nitrogens with zero attached hydrogens (tertiary/aromatic N) is 3. The molecule has 6 aromatic rings. The zero-order valence-electron chi connectivity index (χ0n) is 24.6. The van der Waals surface area contributed by atoms with E-state index < -0.39 is 10.0 Å². The van der Waals surface area contributed by atoms with E-state index in [4.69, 9.17) is 4.99 Å². The lowest BCUT2D eigenvalue weighted by Gasteiger charge is -2.26. The molecule has 45 heavy (non-hydrogen) atoms. The Labute approximate surface area is 262 Å². The molecule has 0 unspecified atom stereocenters. The minimum Gasteiger partial charge on any atom is -0.494 e. The van der Waals surface area contributed by atoms with Gasteiger partial charge in [-0.25, -0.2) is 13.4 Å². The number of piperidine rings is 1. The summed E-state index contributed by atoms with van der Waals surface area (Å²) in [7, 11) is -3.97. The molecule has 3 heterocycles. The van der Waals surface area contributed by atoms with Crippen LogP contribution in [0.5, 0.6) is 5.88 Å². The highest BCUT2D eigenvalue weighted by atomic mass is 32.2. The van der Waals surface area contributed by atoms with E-state index in [-0.39, 0.29) is 10.8 Å². The zero-order valence-corrected chi connectivity index (χ0v) is 25.5. The van der Waals surface area contributed by atoms with Gasteiger partial charge in [0.2, 0.25) is 0 Å². The molecular formula is C36H33N5O3S. The molecular weight excluding hydrogens is 582 g/mol. The average molecular weight is 616 g/mol. The molecule has 0 spiro atoms. The highest BCUT2D eigenvalue weighted by molar-refractivity contribution is 7.93. The number of aromatic hydroxyl groups is 1. The van der Waals surface area contributed by atoms with Gasteiger partial charge in [0.1, 0.15) is 4.90 Å². The van der Waals surface area contributed by atoms with Crippen LogP contribution in [-0.4, -0.2) is 47.2 Å². The molecule has 7 rings (SSSR count). The maximum Gasteiger partial charge on any atom is 0.264 e. The first-order valence-electron chi connectivity index (χ1n) is 15.1. The van der Waals surface area contributed by atoms with Gasteiger partial charge < -0.3 is 10.1 Å². The summed E-state index contributed by atoms with van der Waals surface area (Å²) < 4.78 is 29.8. The second kappa shape index (κ2) is 12.2. The summed E-state index contributed by atoms with van der Waals surface area (Å²) in [4.78, 5) is 15.0. The molecule has 0 saturated carbocycles. The summed E-state index contributed by atoms with van der Waals surface area (Å²) in [5, 5.41) is 12.6. The minimum atomic E-state index is -3.97. The third kappa shape index (κ3) is 6.05. The summed E-state index contributed by atoms with van der Waals surface area (Å²) in [5.41, 5.74) is 5.27. The summed E-state index contributed by atoms with van der Waals surface area (Å²) in [6.07, 6.45) is 5.39. The van der Waals surface area contributed by atoms with Gasteiger partial charge in [-0.05, 0) is 74.0 Å². The quantitative estimate of drug-likeness (QED) is 0.155. The van der Waals surface area contributed by atoms with Crippen LogP contribution in [0.4, 0.5) is 11.4 Å². The summed E-state index contributed by atoms with van der Waals surface area (Å²) in [6, 6.07) is 31.7. The van der Waals surface area contributed by atoms with Crippen molar-refractivity contribution in [3.63, 3.8) is 0 Å². The van der Waals surface area contributed by atoms with Crippen molar-refractivity contribution >= 4 is 48.9 Å². The molecule has 0 amide bonds. The van der Waals surface area contributed by atoms with Crippen molar-refractivity contribution < 1.29 is 13.5 Å². The van der Waals surface area contributed by atoms with Gasteiger partial charge in [-0.15, -0.1) is 0 Å². The lowest BCUT2D eigenvalue weighted by Crippen LogP contribution is -2.28. The van der Waals surface area contributed by atoms with Crippen LogP contribution in [-0.2, 0) is 16.6 Å². The molecule has 8 nitrogen and oxygen atoms in total. The van der Waals surface area contributed by atoms with Crippen molar-refractivity contribution in [2.75, 3.05) is 17.8 Å². The van der Waals surface area contributed by atoms with Crippen LogP contribution in [0.25, 0.3) is 21.8 Å². The molecule has 1 fully saturated rings. The van der Waals surface area contributed by atoms with E-state index in [2.05, 4.69) is 31.7 Å². The van der Waals surface area contributed by atoms with Gasteiger partial charge >= 0.3 is 0 Å². The zero-order chi connectivity index (χ0) is 30.8. The molecule has 1 aliphatic heterocycles. The van der Waals surface area contributed by atoms with Crippen LogP contribution < -0.4 is 4.72 Å². The van der Waals surface area contributed by atoms with Crippen LogP contribution in [0.15, 0.2) is 119 Å². The maximum absolute atomic E-state index is 13.6. The number of nitrogens with one attached hydrogen (secondary N) is 2.